The van der Waals surface area contributed by atoms with Crippen molar-refractivity contribution in [3.05, 3.63) is 41.0 Å². The standard InChI is InChI=1S/C34H47F4NO6S/c1-28(2)19-44-32(45-20-28)15-12-26-27-23(11-14-31(26,40)18-32)25-13-16-33(41,30(4,35)34(36,37)38)29(25,3)17-24(27)21-7-9-22(10-8-21)46(42,43)39(5)6/h7-10,23-25,40-41H,11-20H2,1-6H3/t23?,24?,25?,29-,30?,31+,33-/m0/s1. The minimum Gasteiger partial charge on any atom is -0.386 e. The maximum atomic E-state index is 16.0. The lowest BCUT2D eigenvalue weighted by Crippen LogP contribution is -2.66. The lowest BCUT2D eigenvalue weighted by atomic mass is 9.48. The Labute approximate surface area is 269 Å². The minimum atomic E-state index is -5.28. The second-order valence-electron chi connectivity index (χ2n) is 16.0. The quantitative estimate of drug-likeness (QED) is 0.290. The van der Waals surface area contributed by atoms with Gasteiger partial charge in [-0.3, -0.25) is 0 Å². The Balaban J connectivity index is 1.47. The Kier molecular flexibility index (Phi) is 7.80. The second kappa shape index (κ2) is 10.5. The second-order valence-corrected chi connectivity index (χ2v) is 18.1. The number of fused-ring (bicyclic) bond motifs is 4. The molecule has 1 aliphatic heterocycles. The van der Waals surface area contributed by atoms with Crippen LogP contribution >= 0.6 is 0 Å². The molecule has 1 spiro atoms. The average molecular weight is 674 g/mol. The number of benzene rings is 1. The molecule has 12 heteroatoms. The molecule has 7 atom stereocenters. The van der Waals surface area contributed by atoms with Gasteiger partial charge in [-0.15, -0.1) is 0 Å². The zero-order chi connectivity index (χ0) is 33.9. The van der Waals surface area contributed by atoms with Gasteiger partial charge in [0.25, 0.3) is 0 Å². The van der Waals surface area contributed by atoms with E-state index < -0.39 is 56.1 Å². The Bertz CT molecular complexity index is 1510. The van der Waals surface area contributed by atoms with Gasteiger partial charge in [0.1, 0.15) is 5.60 Å². The van der Waals surface area contributed by atoms with Crippen LogP contribution in [0.4, 0.5) is 17.6 Å². The first-order valence-corrected chi connectivity index (χ1v) is 17.7. The lowest BCUT2D eigenvalue weighted by Gasteiger charge is -2.59. The third-order valence-electron chi connectivity index (χ3n) is 12.4. The molecule has 1 aromatic rings. The van der Waals surface area contributed by atoms with E-state index in [2.05, 4.69) is 13.8 Å². The number of rotatable bonds is 4. The molecule has 4 unspecified atom stereocenters. The Morgan fingerprint density at radius 1 is 0.935 bits per heavy atom. The number of ether oxygens (including phenoxy) is 2. The van der Waals surface area contributed by atoms with E-state index in [9.17, 15) is 31.8 Å². The van der Waals surface area contributed by atoms with Gasteiger partial charge in [0.05, 0.1) is 23.7 Å². The van der Waals surface area contributed by atoms with Crippen molar-refractivity contribution in [1.29, 1.82) is 0 Å². The fourth-order valence-corrected chi connectivity index (χ4v) is 10.5. The van der Waals surface area contributed by atoms with Gasteiger partial charge in [-0.1, -0.05) is 38.5 Å². The Morgan fingerprint density at radius 2 is 1.54 bits per heavy atom. The fourth-order valence-electron chi connectivity index (χ4n) is 9.65. The smallest absolute Gasteiger partial charge is 0.386 e. The zero-order valence-electron chi connectivity index (χ0n) is 27.5. The summed E-state index contributed by atoms with van der Waals surface area (Å²) in [6, 6.07) is 6.28. The van der Waals surface area contributed by atoms with E-state index >= 15 is 4.39 Å². The summed E-state index contributed by atoms with van der Waals surface area (Å²) >= 11 is 0. The highest BCUT2D eigenvalue weighted by molar-refractivity contribution is 7.89. The molecule has 3 saturated carbocycles. The molecule has 46 heavy (non-hydrogen) atoms. The topological polar surface area (TPSA) is 96.3 Å². The number of aliphatic hydroxyl groups is 2. The molecule has 1 saturated heterocycles. The normalized spacial score (nSPS) is 38.7. The van der Waals surface area contributed by atoms with Crippen LogP contribution in [0.3, 0.4) is 0 Å². The van der Waals surface area contributed by atoms with Crippen LogP contribution in [-0.2, 0) is 19.5 Å². The summed E-state index contributed by atoms with van der Waals surface area (Å²) in [6.45, 7) is 7.13. The molecule has 5 aliphatic rings. The average Bonchev–Trinajstić information content (AvgIpc) is 3.24. The van der Waals surface area contributed by atoms with Gasteiger partial charge >= 0.3 is 6.18 Å². The number of hydrogen-bond donors (Lipinski definition) is 2. The lowest BCUT2D eigenvalue weighted by molar-refractivity contribution is -0.323. The van der Waals surface area contributed by atoms with E-state index in [1.807, 2.05) is 0 Å². The molecule has 4 fully saturated rings. The number of alkyl halides is 4. The van der Waals surface area contributed by atoms with Crippen molar-refractivity contribution in [3.63, 3.8) is 0 Å². The summed E-state index contributed by atoms with van der Waals surface area (Å²) in [5, 5.41) is 24.2. The van der Waals surface area contributed by atoms with E-state index in [0.29, 0.717) is 51.4 Å². The molecular weight excluding hydrogens is 626 g/mol. The first kappa shape index (κ1) is 34.3. The van der Waals surface area contributed by atoms with Crippen molar-refractivity contribution in [3.8, 4) is 0 Å². The summed E-state index contributed by atoms with van der Waals surface area (Å²) in [5.74, 6) is -2.23. The van der Waals surface area contributed by atoms with Crippen LogP contribution in [0.1, 0.15) is 90.5 Å². The van der Waals surface area contributed by atoms with Crippen LogP contribution in [0, 0.1) is 22.7 Å². The predicted molar refractivity (Wildman–Crippen MR) is 163 cm³/mol. The fraction of sp³-hybridized carbons (Fsp3) is 0.765. The van der Waals surface area contributed by atoms with E-state index in [0.717, 1.165) is 15.5 Å². The number of nitrogens with zero attached hydrogens (tertiary/aromatic N) is 1. The largest absolute Gasteiger partial charge is 0.425 e. The minimum absolute atomic E-state index is 0.0152. The van der Waals surface area contributed by atoms with Gasteiger partial charge in [-0.25, -0.2) is 17.1 Å². The molecule has 6 rings (SSSR count). The van der Waals surface area contributed by atoms with Gasteiger partial charge in [-0.05, 0) is 80.6 Å². The zero-order valence-corrected chi connectivity index (χ0v) is 28.3. The highest BCUT2D eigenvalue weighted by Crippen LogP contribution is 2.71. The van der Waals surface area contributed by atoms with Crippen LogP contribution < -0.4 is 0 Å². The highest BCUT2D eigenvalue weighted by Gasteiger charge is 2.76. The SMILES string of the molecule is CN(C)S(=O)(=O)c1ccc(C2C[C@@]3(C)C(CC[C@@]3(O)C(C)(F)C(F)(F)F)C3CC[C@@]4(O)CC5(CCC4=C23)OCC(C)(C)CO5)cc1. The van der Waals surface area contributed by atoms with Gasteiger partial charge in [-0.2, -0.15) is 13.2 Å². The number of halogens is 4. The van der Waals surface area contributed by atoms with E-state index in [1.165, 1.54) is 26.2 Å². The summed E-state index contributed by atoms with van der Waals surface area (Å²) in [5.41, 5.74) is -6.97. The molecule has 0 bridgehead atoms. The molecule has 0 radical (unpaired) electrons. The van der Waals surface area contributed by atoms with Gasteiger partial charge < -0.3 is 19.7 Å². The third kappa shape index (κ3) is 4.86. The van der Waals surface area contributed by atoms with Crippen LogP contribution in [0.5, 0.6) is 0 Å². The van der Waals surface area contributed by atoms with E-state index in [4.69, 9.17) is 9.47 Å². The van der Waals surface area contributed by atoms with Crippen molar-refractivity contribution >= 4 is 10.0 Å². The molecule has 1 heterocycles. The monoisotopic (exact) mass is 673 g/mol. The number of allylic oxidation sites excluding steroid dienone is 1. The maximum Gasteiger partial charge on any atom is 0.425 e. The molecule has 0 aromatic heterocycles. The molecule has 1 aromatic carbocycles. The summed E-state index contributed by atoms with van der Waals surface area (Å²) in [6.07, 6.45) is -3.38. The van der Waals surface area contributed by atoms with Crippen molar-refractivity contribution < 1.29 is 45.7 Å². The summed E-state index contributed by atoms with van der Waals surface area (Å²) in [7, 11) is -0.886. The molecule has 7 nitrogen and oxygen atoms in total. The van der Waals surface area contributed by atoms with Crippen LogP contribution in [-0.4, -0.2) is 79.1 Å². The molecule has 0 amide bonds. The van der Waals surface area contributed by atoms with Crippen molar-refractivity contribution in [2.45, 2.75) is 119 Å². The van der Waals surface area contributed by atoms with Gasteiger partial charge in [0.2, 0.25) is 15.7 Å². The van der Waals surface area contributed by atoms with Crippen molar-refractivity contribution in [1.82, 2.24) is 4.31 Å². The van der Waals surface area contributed by atoms with Crippen LogP contribution in [0.25, 0.3) is 0 Å². The van der Waals surface area contributed by atoms with Gasteiger partial charge in [0, 0.05) is 43.7 Å². The van der Waals surface area contributed by atoms with E-state index in [-0.39, 0.29) is 41.9 Å². The molecule has 4 aliphatic carbocycles. The maximum absolute atomic E-state index is 16.0. The first-order valence-electron chi connectivity index (χ1n) is 16.3. The molecule has 2 N–H and O–H groups in total. The molecular formula is C34H47F4NO6S. The summed E-state index contributed by atoms with van der Waals surface area (Å²) in [4.78, 5) is 0.0652. The molecule has 258 valence electrons. The highest BCUT2D eigenvalue weighted by atomic mass is 32.2. The Hall–Kier alpha value is -1.57. The third-order valence-corrected chi connectivity index (χ3v) is 14.2. The van der Waals surface area contributed by atoms with Gasteiger partial charge in [0.15, 0.2) is 5.79 Å². The van der Waals surface area contributed by atoms with E-state index in [1.54, 1.807) is 19.1 Å². The number of hydrogen-bond acceptors (Lipinski definition) is 6. The number of sulfonamides is 1. The van der Waals surface area contributed by atoms with Crippen molar-refractivity contribution in [2.75, 3.05) is 27.3 Å². The Morgan fingerprint density at radius 3 is 2.11 bits per heavy atom. The first-order chi connectivity index (χ1) is 21.0. The van der Waals surface area contributed by atoms with Crippen molar-refractivity contribution in [2.24, 2.45) is 22.7 Å². The van der Waals surface area contributed by atoms with Crippen LogP contribution in [0.2, 0.25) is 0 Å². The predicted octanol–water partition coefficient (Wildman–Crippen LogP) is 6.25. The summed E-state index contributed by atoms with van der Waals surface area (Å²) < 4.78 is 98.1. The van der Waals surface area contributed by atoms with Crippen LogP contribution in [0.15, 0.2) is 40.3 Å².